The van der Waals surface area contributed by atoms with Crippen molar-refractivity contribution in [2.24, 2.45) is 0 Å². The van der Waals surface area contributed by atoms with Gasteiger partial charge in [-0.3, -0.25) is 9.59 Å². The Kier molecular flexibility index (Phi) is 4.99. The standard InChI is InChI=1S/C25H14Cl2N4O2S/c26-16-9-5-14(6-10-16)13-30-19-4-2-1-3-18(19)20(23(30)32)21-24(33)31-25(34-21)28-22(29-31)15-7-11-17(27)12-8-15/h1-12H,13H2/b21-20-. The monoisotopic (exact) mass is 504 g/mol. The highest BCUT2D eigenvalue weighted by Crippen LogP contribution is 2.36. The van der Waals surface area contributed by atoms with E-state index in [0.717, 1.165) is 22.4 Å². The molecule has 1 amide bonds. The highest BCUT2D eigenvalue weighted by molar-refractivity contribution is 7.15. The number of carbonyl (C=O) groups excluding carboxylic acids is 1. The summed E-state index contributed by atoms with van der Waals surface area (Å²) in [6.45, 7) is 0.367. The number of rotatable bonds is 3. The highest BCUT2D eigenvalue weighted by atomic mass is 35.5. The third kappa shape index (κ3) is 3.40. The van der Waals surface area contributed by atoms with Crippen LogP contribution in [0.1, 0.15) is 11.1 Å². The van der Waals surface area contributed by atoms with Crippen molar-refractivity contribution in [3.63, 3.8) is 0 Å². The Morgan fingerprint density at radius 1 is 0.853 bits per heavy atom. The Balaban J connectivity index is 1.48. The molecule has 1 aliphatic heterocycles. The lowest BCUT2D eigenvalue weighted by Crippen LogP contribution is -2.32. The second-order valence-corrected chi connectivity index (χ2v) is 9.63. The van der Waals surface area contributed by atoms with Gasteiger partial charge in [0.15, 0.2) is 5.82 Å². The summed E-state index contributed by atoms with van der Waals surface area (Å²) < 4.78 is 1.59. The minimum absolute atomic E-state index is 0.226. The van der Waals surface area contributed by atoms with Crippen LogP contribution < -0.4 is 15.0 Å². The number of halogens is 2. The first-order valence-electron chi connectivity index (χ1n) is 10.3. The van der Waals surface area contributed by atoms with E-state index in [1.54, 1.807) is 41.3 Å². The van der Waals surface area contributed by atoms with Gasteiger partial charge in [0, 0.05) is 21.2 Å². The summed E-state index contributed by atoms with van der Waals surface area (Å²) in [5, 5.41) is 5.63. The topological polar surface area (TPSA) is 67.6 Å². The minimum Gasteiger partial charge on any atom is -0.303 e. The quantitative estimate of drug-likeness (QED) is 0.360. The Labute approximate surface area is 207 Å². The molecule has 3 heterocycles. The molecule has 166 valence electrons. The molecule has 0 saturated heterocycles. The molecule has 0 atom stereocenters. The van der Waals surface area contributed by atoms with Gasteiger partial charge in [-0.1, -0.05) is 64.9 Å². The van der Waals surface area contributed by atoms with Crippen molar-refractivity contribution in [2.75, 3.05) is 4.90 Å². The van der Waals surface area contributed by atoms with E-state index in [-0.39, 0.29) is 11.5 Å². The number of para-hydroxylation sites is 1. The summed E-state index contributed by atoms with van der Waals surface area (Å²) in [5.41, 5.74) is 3.19. The molecule has 0 fully saturated rings. The van der Waals surface area contributed by atoms with Gasteiger partial charge >= 0.3 is 0 Å². The largest absolute Gasteiger partial charge is 0.303 e. The van der Waals surface area contributed by atoms with Gasteiger partial charge in [-0.05, 0) is 48.0 Å². The SMILES string of the molecule is O=C1/C(=c2\sc3nc(-c4ccc(Cl)cc4)nn3c2=O)c2ccccc2N1Cc1ccc(Cl)cc1. The maximum atomic E-state index is 13.6. The lowest BCUT2D eigenvalue weighted by molar-refractivity contribution is -0.113. The Morgan fingerprint density at radius 3 is 2.24 bits per heavy atom. The fourth-order valence-electron chi connectivity index (χ4n) is 4.04. The van der Waals surface area contributed by atoms with Crippen LogP contribution in [-0.2, 0) is 11.3 Å². The van der Waals surface area contributed by atoms with Gasteiger partial charge in [-0.2, -0.15) is 9.50 Å². The summed E-state index contributed by atoms with van der Waals surface area (Å²) in [6.07, 6.45) is 0. The van der Waals surface area contributed by atoms with Crippen molar-refractivity contribution >= 4 is 56.7 Å². The van der Waals surface area contributed by atoms with Crippen LogP contribution >= 0.6 is 34.5 Å². The zero-order chi connectivity index (χ0) is 23.4. The van der Waals surface area contributed by atoms with Crippen LogP contribution in [-0.4, -0.2) is 20.5 Å². The van der Waals surface area contributed by atoms with Gasteiger partial charge in [0.05, 0.1) is 17.8 Å². The smallest absolute Gasteiger partial charge is 0.291 e. The number of hydrogen-bond acceptors (Lipinski definition) is 5. The molecule has 0 bridgehead atoms. The van der Waals surface area contributed by atoms with Crippen LogP contribution in [0.2, 0.25) is 10.0 Å². The molecule has 1 aliphatic rings. The molecule has 0 saturated carbocycles. The van der Waals surface area contributed by atoms with Crippen LogP contribution in [0.15, 0.2) is 77.6 Å². The molecule has 2 aromatic heterocycles. The first kappa shape index (κ1) is 21.0. The number of fused-ring (bicyclic) bond motifs is 2. The van der Waals surface area contributed by atoms with Crippen molar-refractivity contribution in [1.82, 2.24) is 14.6 Å². The van der Waals surface area contributed by atoms with Crippen LogP contribution in [0.25, 0.3) is 21.9 Å². The second-order valence-electron chi connectivity index (χ2n) is 7.78. The predicted molar refractivity (Wildman–Crippen MR) is 134 cm³/mol. The van der Waals surface area contributed by atoms with Crippen molar-refractivity contribution < 1.29 is 4.79 Å². The molecule has 9 heteroatoms. The summed E-state index contributed by atoms with van der Waals surface area (Å²) in [5.74, 6) is 0.203. The number of aromatic nitrogens is 3. The van der Waals surface area contributed by atoms with E-state index in [2.05, 4.69) is 10.1 Å². The van der Waals surface area contributed by atoms with Crippen molar-refractivity contribution in [3.8, 4) is 11.4 Å². The first-order chi connectivity index (χ1) is 16.5. The van der Waals surface area contributed by atoms with E-state index in [4.69, 9.17) is 23.2 Å². The third-order valence-corrected chi connectivity index (χ3v) is 7.20. The number of benzene rings is 3. The second kappa shape index (κ2) is 8.06. The summed E-state index contributed by atoms with van der Waals surface area (Å²) in [4.78, 5) is 33.5. The molecule has 0 unspecified atom stereocenters. The summed E-state index contributed by atoms with van der Waals surface area (Å²) >= 11 is 13.1. The molecule has 0 aliphatic carbocycles. The zero-order valence-electron chi connectivity index (χ0n) is 17.4. The normalized spacial score (nSPS) is 14.8. The lowest BCUT2D eigenvalue weighted by atomic mass is 10.1. The predicted octanol–water partition coefficient (Wildman–Crippen LogP) is 4.59. The molecule has 6 nitrogen and oxygen atoms in total. The molecular weight excluding hydrogens is 491 g/mol. The summed E-state index contributed by atoms with van der Waals surface area (Å²) in [6, 6.07) is 21.9. The third-order valence-electron chi connectivity index (χ3n) is 5.66. The highest BCUT2D eigenvalue weighted by Gasteiger charge is 2.34. The maximum absolute atomic E-state index is 13.6. The van der Waals surface area contributed by atoms with Crippen molar-refractivity contribution in [1.29, 1.82) is 0 Å². The zero-order valence-corrected chi connectivity index (χ0v) is 19.7. The van der Waals surface area contributed by atoms with Crippen molar-refractivity contribution in [3.05, 3.63) is 109 Å². The molecule has 0 radical (unpaired) electrons. The minimum atomic E-state index is -0.362. The fourth-order valence-corrected chi connectivity index (χ4v) is 5.29. The molecule has 5 aromatic rings. The number of nitrogens with zero attached hydrogens (tertiary/aromatic N) is 4. The van der Waals surface area contributed by atoms with Gasteiger partial charge in [0.25, 0.3) is 11.5 Å². The van der Waals surface area contributed by atoms with Crippen LogP contribution in [0, 0.1) is 0 Å². The number of thiazole rings is 1. The van der Waals surface area contributed by atoms with E-state index in [0.29, 0.717) is 37.5 Å². The first-order valence-corrected chi connectivity index (χ1v) is 11.9. The molecule has 6 rings (SSSR count). The average Bonchev–Trinajstić information content (AvgIpc) is 3.47. The Bertz CT molecular complexity index is 1690. The molecule has 34 heavy (non-hydrogen) atoms. The van der Waals surface area contributed by atoms with Gasteiger partial charge in [0.1, 0.15) is 4.53 Å². The van der Waals surface area contributed by atoms with E-state index in [1.807, 2.05) is 36.4 Å². The number of amides is 1. The van der Waals surface area contributed by atoms with E-state index >= 15 is 0 Å². The number of anilines is 1. The molecule has 0 N–H and O–H groups in total. The van der Waals surface area contributed by atoms with Crippen molar-refractivity contribution in [2.45, 2.75) is 6.54 Å². The van der Waals surface area contributed by atoms with Gasteiger partial charge in [-0.25, -0.2) is 0 Å². The van der Waals surface area contributed by atoms with Crippen LogP contribution in [0.4, 0.5) is 5.69 Å². The van der Waals surface area contributed by atoms with E-state index in [9.17, 15) is 9.59 Å². The van der Waals surface area contributed by atoms with E-state index < -0.39 is 0 Å². The maximum Gasteiger partial charge on any atom is 0.291 e. The van der Waals surface area contributed by atoms with Crippen LogP contribution in [0.5, 0.6) is 0 Å². The Hall–Kier alpha value is -3.52. The van der Waals surface area contributed by atoms with Gasteiger partial charge in [-0.15, -0.1) is 5.10 Å². The molecule has 0 spiro atoms. The lowest BCUT2D eigenvalue weighted by Gasteiger charge is -2.17. The van der Waals surface area contributed by atoms with Crippen LogP contribution in [0.3, 0.4) is 0 Å². The fraction of sp³-hybridized carbons (Fsp3) is 0.0400. The average molecular weight is 505 g/mol. The number of carbonyl (C=O) groups is 1. The molecular formula is C25H14Cl2N4O2S. The van der Waals surface area contributed by atoms with Gasteiger partial charge < -0.3 is 4.90 Å². The Morgan fingerprint density at radius 2 is 1.53 bits per heavy atom. The summed E-state index contributed by atoms with van der Waals surface area (Å²) in [7, 11) is 0. The van der Waals surface area contributed by atoms with Gasteiger partial charge in [0.2, 0.25) is 4.96 Å². The molecule has 3 aromatic carbocycles. The number of hydrogen-bond donors (Lipinski definition) is 0. The van der Waals surface area contributed by atoms with E-state index in [1.165, 1.54) is 15.9 Å².